The molecule has 0 aliphatic carbocycles. The summed E-state index contributed by atoms with van der Waals surface area (Å²) in [6, 6.07) is 13.4. The van der Waals surface area contributed by atoms with Crippen molar-refractivity contribution >= 4 is 45.2 Å². The van der Waals surface area contributed by atoms with E-state index in [9.17, 15) is 9.18 Å². The lowest BCUT2D eigenvalue weighted by Crippen LogP contribution is -2.17. The first-order valence-electron chi connectivity index (χ1n) is 10.0. The van der Waals surface area contributed by atoms with Crippen molar-refractivity contribution in [1.29, 1.82) is 0 Å². The minimum Gasteiger partial charge on any atom is -0.312 e. The zero-order valence-corrected chi connectivity index (χ0v) is 18.6. The van der Waals surface area contributed by atoms with Crippen molar-refractivity contribution < 1.29 is 14.4 Å². The second kappa shape index (κ2) is 12.4. The van der Waals surface area contributed by atoms with E-state index in [-0.39, 0.29) is 0 Å². The molecule has 2 aromatic carbocycles. The molecule has 31 heavy (non-hydrogen) atoms. The lowest BCUT2D eigenvalue weighted by atomic mass is 10.1. The highest BCUT2D eigenvalue weighted by molar-refractivity contribution is 8.02. The lowest BCUT2D eigenvalue weighted by molar-refractivity contribution is -0.124. The van der Waals surface area contributed by atoms with E-state index >= 15 is 0 Å². The summed E-state index contributed by atoms with van der Waals surface area (Å²) in [6.45, 7) is 1.37. The molecule has 0 saturated heterocycles. The topological polar surface area (TPSA) is 61.4 Å². The van der Waals surface area contributed by atoms with Gasteiger partial charge in [-0.15, -0.1) is 23.1 Å². The Kier molecular flexibility index (Phi) is 9.30. The molecule has 162 valence electrons. The van der Waals surface area contributed by atoms with Crippen LogP contribution in [0.15, 0.2) is 65.4 Å². The highest BCUT2D eigenvalue weighted by Gasteiger charge is 2.04. The summed E-state index contributed by atoms with van der Waals surface area (Å²) in [5, 5.41) is 17.3. The average molecular weight is 457 g/mol. The molecule has 0 saturated carbocycles. The van der Waals surface area contributed by atoms with Gasteiger partial charge in [0.2, 0.25) is 0 Å². The van der Waals surface area contributed by atoms with Crippen molar-refractivity contribution in [2.75, 3.05) is 12.3 Å². The molecule has 1 aliphatic heterocycles. The quantitative estimate of drug-likeness (QED) is 0.189. The smallest absolute Gasteiger partial charge is 0.267 e. The Balaban J connectivity index is 0.000000478. The molecule has 0 atom stereocenters. The second-order valence-corrected chi connectivity index (χ2v) is 8.83. The molecular weight excluding hydrogens is 431 g/mol. The second-order valence-electron chi connectivity index (χ2n) is 6.87. The number of hydrogen-bond donors (Lipinski definition) is 3. The van der Waals surface area contributed by atoms with Crippen LogP contribution in [0.1, 0.15) is 23.1 Å². The van der Waals surface area contributed by atoms with Gasteiger partial charge in [0, 0.05) is 28.6 Å². The van der Waals surface area contributed by atoms with Crippen molar-refractivity contribution in [3.05, 3.63) is 87.9 Å². The molecule has 3 aromatic rings. The maximum atomic E-state index is 14.0. The number of fused-ring (bicyclic) bond motifs is 1. The van der Waals surface area contributed by atoms with E-state index in [1.165, 1.54) is 45.4 Å². The lowest BCUT2D eigenvalue weighted by Gasteiger charge is -2.07. The summed E-state index contributed by atoms with van der Waals surface area (Å²) in [7, 11) is 0. The molecule has 7 heteroatoms. The Hall–Kier alpha value is -2.45. The van der Waals surface area contributed by atoms with Crippen LogP contribution in [0, 0.1) is 5.82 Å². The highest BCUT2D eigenvalue weighted by Crippen LogP contribution is 2.24. The van der Waals surface area contributed by atoms with E-state index in [0.29, 0.717) is 12.1 Å². The minimum absolute atomic E-state index is 0.293. The molecule has 0 unspecified atom stereocenters. The molecule has 4 nitrogen and oxygen atoms in total. The van der Waals surface area contributed by atoms with Crippen molar-refractivity contribution in [3.8, 4) is 0 Å². The SMILES string of the molecule is C1=CSCC1.O=C(/C=C/c1ccc(CNCCc2cccc3sccc23)cc1F)NO. The van der Waals surface area contributed by atoms with Crippen LogP contribution in [0.5, 0.6) is 0 Å². The summed E-state index contributed by atoms with van der Waals surface area (Å²) < 4.78 is 15.3. The van der Waals surface area contributed by atoms with Crippen molar-refractivity contribution in [1.82, 2.24) is 10.8 Å². The number of rotatable bonds is 7. The Bertz CT molecular complexity index is 1060. The Morgan fingerprint density at radius 2 is 2.13 bits per heavy atom. The zero-order chi connectivity index (χ0) is 21.9. The summed E-state index contributed by atoms with van der Waals surface area (Å²) in [5.74, 6) is 0.199. The summed E-state index contributed by atoms with van der Waals surface area (Å²) in [5.41, 5.74) is 3.90. The van der Waals surface area contributed by atoms with Crippen LogP contribution >= 0.6 is 23.1 Å². The highest BCUT2D eigenvalue weighted by atomic mass is 32.2. The zero-order valence-electron chi connectivity index (χ0n) is 17.0. The van der Waals surface area contributed by atoms with Crippen LogP contribution in [0.3, 0.4) is 0 Å². The third-order valence-electron chi connectivity index (χ3n) is 4.67. The third kappa shape index (κ3) is 7.33. The van der Waals surface area contributed by atoms with E-state index in [4.69, 9.17) is 5.21 Å². The molecule has 3 N–H and O–H groups in total. The van der Waals surface area contributed by atoms with Crippen LogP contribution in [-0.4, -0.2) is 23.4 Å². The van der Waals surface area contributed by atoms with Gasteiger partial charge in [0.25, 0.3) is 5.91 Å². The number of nitrogens with one attached hydrogen (secondary N) is 2. The van der Waals surface area contributed by atoms with Gasteiger partial charge in [-0.1, -0.05) is 30.3 Å². The largest absolute Gasteiger partial charge is 0.312 e. The van der Waals surface area contributed by atoms with Crippen LogP contribution < -0.4 is 10.8 Å². The molecule has 1 amide bonds. The van der Waals surface area contributed by atoms with Gasteiger partial charge in [-0.05, 0) is 71.0 Å². The molecule has 0 bridgehead atoms. The van der Waals surface area contributed by atoms with Gasteiger partial charge >= 0.3 is 0 Å². The van der Waals surface area contributed by atoms with E-state index in [1.54, 1.807) is 17.4 Å². The standard InChI is InChI=1S/C20H19FN2O2S.C4H6S/c21-18-12-14(4-5-16(18)6-7-20(24)23-25)13-22-10-8-15-2-1-3-19-17(15)9-11-26-19;1-2-4-5-3-1/h1-7,9,11-12,22,25H,8,10,13H2,(H,23,24);1,3H,2,4H2/b7-6+;. The van der Waals surface area contributed by atoms with Crippen LogP contribution in [-0.2, 0) is 17.8 Å². The molecule has 4 rings (SSSR count). The fraction of sp³-hybridized carbons (Fsp3) is 0.208. The summed E-state index contributed by atoms with van der Waals surface area (Å²) in [6.07, 6.45) is 6.78. The molecular formula is C24H25FN2O2S2. The maximum absolute atomic E-state index is 14.0. The Morgan fingerprint density at radius 3 is 2.84 bits per heavy atom. The van der Waals surface area contributed by atoms with Gasteiger partial charge in [0.15, 0.2) is 0 Å². The number of amides is 1. The van der Waals surface area contributed by atoms with Crippen molar-refractivity contribution in [2.45, 2.75) is 19.4 Å². The van der Waals surface area contributed by atoms with Gasteiger partial charge in [0.05, 0.1) is 0 Å². The number of thioether (sulfide) groups is 1. The number of carbonyl (C=O) groups is 1. The van der Waals surface area contributed by atoms with Crippen molar-refractivity contribution in [2.24, 2.45) is 0 Å². The van der Waals surface area contributed by atoms with E-state index in [2.05, 4.69) is 46.4 Å². The van der Waals surface area contributed by atoms with Gasteiger partial charge in [-0.25, -0.2) is 9.87 Å². The van der Waals surface area contributed by atoms with Gasteiger partial charge in [0.1, 0.15) is 5.82 Å². The van der Waals surface area contributed by atoms with Gasteiger partial charge in [-0.2, -0.15) is 0 Å². The molecule has 0 spiro atoms. The first-order chi connectivity index (χ1) is 15.2. The molecule has 0 radical (unpaired) electrons. The molecule has 1 aliphatic rings. The third-order valence-corrected chi connectivity index (χ3v) is 6.41. The van der Waals surface area contributed by atoms with Crippen molar-refractivity contribution in [3.63, 3.8) is 0 Å². The monoisotopic (exact) mass is 456 g/mol. The number of halogens is 1. The van der Waals surface area contributed by atoms with E-state index in [0.717, 1.165) is 24.6 Å². The number of benzene rings is 2. The number of allylic oxidation sites excluding steroid dienone is 1. The molecule has 0 fully saturated rings. The first kappa shape index (κ1) is 23.2. The van der Waals surface area contributed by atoms with E-state index in [1.807, 2.05) is 17.8 Å². The predicted molar refractivity (Wildman–Crippen MR) is 129 cm³/mol. The van der Waals surface area contributed by atoms with E-state index < -0.39 is 11.7 Å². The molecule has 2 heterocycles. The fourth-order valence-electron chi connectivity index (χ4n) is 3.09. The van der Waals surface area contributed by atoms with Crippen LogP contribution in [0.2, 0.25) is 0 Å². The van der Waals surface area contributed by atoms with Crippen LogP contribution in [0.4, 0.5) is 4.39 Å². The van der Waals surface area contributed by atoms with Gasteiger partial charge in [-0.3, -0.25) is 10.0 Å². The number of hydrogen-bond acceptors (Lipinski definition) is 5. The summed E-state index contributed by atoms with van der Waals surface area (Å²) >= 11 is 3.63. The minimum atomic E-state index is -0.698. The summed E-state index contributed by atoms with van der Waals surface area (Å²) in [4.78, 5) is 10.9. The van der Waals surface area contributed by atoms with Crippen LogP contribution in [0.25, 0.3) is 16.2 Å². The Morgan fingerprint density at radius 1 is 1.23 bits per heavy atom. The number of carbonyl (C=O) groups excluding carboxylic acids is 1. The number of thiophene rings is 1. The Labute approximate surface area is 189 Å². The first-order valence-corrected chi connectivity index (χ1v) is 11.9. The van der Waals surface area contributed by atoms with Gasteiger partial charge < -0.3 is 5.32 Å². The number of hydroxylamine groups is 1. The molecule has 1 aromatic heterocycles. The maximum Gasteiger partial charge on any atom is 0.267 e. The fourth-order valence-corrected chi connectivity index (χ4v) is 4.60. The average Bonchev–Trinajstić information content (AvgIpc) is 3.51. The normalized spacial score (nSPS) is 12.8. The predicted octanol–water partition coefficient (Wildman–Crippen LogP) is 5.53.